The fourth-order valence-electron chi connectivity index (χ4n) is 1.95. The molecule has 1 saturated heterocycles. The monoisotopic (exact) mass is 270 g/mol. The average molecular weight is 271 g/mol. The van der Waals surface area contributed by atoms with Crippen LogP contribution < -0.4 is 14.8 Å². The fourth-order valence-corrected chi connectivity index (χ4v) is 2.17. The lowest BCUT2D eigenvalue weighted by Gasteiger charge is -2.27. The van der Waals surface area contributed by atoms with Gasteiger partial charge in [-0.15, -0.1) is 0 Å². The van der Waals surface area contributed by atoms with Crippen LogP contribution in [-0.4, -0.2) is 51.3 Å². The number of nitrogens with zero attached hydrogens (tertiary/aromatic N) is 1. The topological polar surface area (TPSA) is 33.7 Å². The van der Waals surface area contributed by atoms with E-state index in [4.69, 9.17) is 21.1 Å². The molecule has 4 nitrogen and oxygen atoms in total. The Morgan fingerprint density at radius 3 is 2.78 bits per heavy atom. The lowest BCUT2D eigenvalue weighted by Crippen LogP contribution is -2.44. The van der Waals surface area contributed by atoms with E-state index in [1.54, 1.807) is 13.2 Å². The SMILES string of the molecule is COc1ccc(OCCN2CCNCC2)c(Cl)c1. The lowest BCUT2D eigenvalue weighted by molar-refractivity contribution is 0.191. The van der Waals surface area contributed by atoms with Gasteiger partial charge in [0.1, 0.15) is 18.1 Å². The van der Waals surface area contributed by atoms with Crippen LogP contribution in [0.1, 0.15) is 0 Å². The fraction of sp³-hybridized carbons (Fsp3) is 0.538. The summed E-state index contributed by atoms with van der Waals surface area (Å²) >= 11 is 6.10. The van der Waals surface area contributed by atoms with Crippen molar-refractivity contribution in [3.63, 3.8) is 0 Å². The zero-order chi connectivity index (χ0) is 12.8. The molecule has 5 heteroatoms. The van der Waals surface area contributed by atoms with E-state index in [1.165, 1.54) is 0 Å². The van der Waals surface area contributed by atoms with Crippen LogP contribution in [0.25, 0.3) is 0 Å². The number of piperazine rings is 1. The summed E-state index contributed by atoms with van der Waals surface area (Å²) in [4.78, 5) is 2.38. The van der Waals surface area contributed by atoms with Crippen molar-refractivity contribution in [1.29, 1.82) is 0 Å². The van der Waals surface area contributed by atoms with Crippen LogP contribution in [0.4, 0.5) is 0 Å². The van der Waals surface area contributed by atoms with Crippen molar-refractivity contribution in [2.75, 3.05) is 46.4 Å². The molecular weight excluding hydrogens is 252 g/mol. The molecular formula is C13H19ClN2O2. The number of hydrogen-bond donors (Lipinski definition) is 1. The number of hydrogen-bond acceptors (Lipinski definition) is 4. The summed E-state index contributed by atoms with van der Waals surface area (Å²) in [6, 6.07) is 5.46. The van der Waals surface area contributed by atoms with E-state index in [1.807, 2.05) is 12.1 Å². The van der Waals surface area contributed by atoms with Gasteiger partial charge in [0.25, 0.3) is 0 Å². The Kier molecular flexibility index (Phi) is 5.11. The molecule has 100 valence electrons. The highest BCUT2D eigenvalue weighted by molar-refractivity contribution is 6.32. The Morgan fingerprint density at radius 2 is 2.11 bits per heavy atom. The molecule has 0 radical (unpaired) electrons. The largest absolute Gasteiger partial charge is 0.497 e. The predicted octanol–water partition coefficient (Wildman–Crippen LogP) is 1.63. The van der Waals surface area contributed by atoms with E-state index < -0.39 is 0 Å². The van der Waals surface area contributed by atoms with Crippen molar-refractivity contribution < 1.29 is 9.47 Å². The van der Waals surface area contributed by atoms with Gasteiger partial charge in [-0.2, -0.15) is 0 Å². The van der Waals surface area contributed by atoms with Gasteiger partial charge in [0.15, 0.2) is 0 Å². The maximum atomic E-state index is 6.10. The second-order valence-corrected chi connectivity index (χ2v) is 4.64. The van der Waals surface area contributed by atoms with Gasteiger partial charge in [-0.25, -0.2) is 0 Å². The summed E-state index contributed by atoms with van der Waals surface area (Å²) in [6.45, 7) is 5.88. The molecule has 0 atom stereocenters. The molecule has 1 aromatic carbocycles. The number of methoxy groups -OCH3 is 1. The van der Waals surface area contributed by atoms with Crippen LogP contribution in [0, 0.1) is 0 Å². The second kappa shape index (κ2) is 6.83. The first-order valence-corrected chi connectivity index (χ1v) is 6.57. The van der Waals surface area contributed by atoms with Gasteiger partial charge in [0, 0.05) is 38.8 Å². The first-order valence-electron chi connectivity index (χ1n) is 6.19. The van der Waals surface area contributed by atoms with Crippen LogP contribution >= 0.6 is 11.6 Å². The van der Waals surface area contributed by atoms with Crippen molar-refractivity contribution in [1.82, 2.24) is 10.2 Å². The molecule has 0 aliphatic carbocycles. The highest BCUT2D eigenvalue weighted by Crippen LogP contribution is 2.28. The molecule has 18 heavy (non-hydrogen) atoms. The first-order chi connectivity index (χ1) is 8.79. The molecule has 0 bridgehead atoms. The van der Waals surface area contributed by atoms with E-state index in [0.29, 0.717) is 17.4 Å². The van der Waals surface area contributed by atoms with Gasteiger partial charge in [0.2, 0.25) is 0 Å². The summed E-state index contributed by atoms with van der Waals surface area (Å²) < 4.78 is 10.8. The molecule has 1 N–H and O–H groups in total. The Balaban J connectivity index is 1.79. The number of rotatable bonds is 5. The molecule has 1 aliphatic rings. The van der Waals surface area contributed by atoms with E-state index in [-0.39, 0.29) is 0 Å². The Bertz CT molecular complexity index is 381. The van der Waals surface area contributed by atoms with Crippen LogP contribution in [0.5, 0.6) is 11.5 Å². The minimum Gasteiger partial charge on any atom is -0.497 e. The third-order valence-corrected chi connectivity index (χ3v) is 3.31. The molecule has 1 aromatic rings. The molecule has 2 rings (SSSR count). The van der Waals surface area contributed by atoms with E-state index in [9.17, 15) is 0 Å². The number of nitrogens with one attached hydrogen (secondary N) is 1. The first kappa shape index (κ1) is 13.5. The highest BCUT2D eigenvalue weighted by Gasteiger charge is 2.09. The normalized spacial score (nSPS) is 16.6. The van der Waals surface area contributed by atoms with E-state index in [2.05, 4.69) is 10.2 Å². The zero-order valence-electron chi connectivity index (χ0n) is 10.6. The van der Waals surface area contributed by atoms with Crippen molar-refractivity contribution >= 4 is 11.6 Å². The van der Waals surface area contributed by atoms with Crippen molar-refractivity contribution in [2.45, 2.75) is 0 Å². The zero-order valence-corrected chi connectivity index (χ0v) is 11.4. The van der Waals surface area contributed by atoms with Crippen LogP contribution in [0.3, 0.4) is 0 Å². The highest BCUT2D eigenvalue weighted by atomic mass is 35.5. The minimum atomic E-state index is 0.592. The Labute approximate surface area is 113 Å². The van der Waals surface area contributed by atoms with Crippen molar-refractivity contribution in [3.05, 3.63) is 23.2 Å². The quantitative estimate of drug-likeness (QED) is 0.882. The van der Waals surface area contributed by atoms with Gasteiger partial charge in [-0.05, 0) is 12.1 Å². The summed E-state index contributed by atoms with van der Waals surface area (Å²) in [5, 5.41) is 3.92. The molecule has 0 amide bonds. The average Bonchev–Trinajstić information content (AvgIpc) is 2.42. The van der Waals surface area contributed by atoms with Gasteiger partial charge in [0.05, 0.1) is 12.1 Å². The van der Waals surface area contributed by atoms with E-state index in [0.717, 1.165) is 38.5 Å². The third-order valence-electron chi connectivity index (χ3n) is 3.01. The van der Waals surface area contributed by atoms with Crippen LogP contribution in [0.15, 0.2) is 18.2 Å². The predicted molar refractivity (Wildman–Crippen MR) is 72.8 cm³/mol. The maximum Gasteiger partial charge on any atom is 0.138 e. The van der Waals surface area contributed by atoms with Gasteiger partial charge in [-0.1, -0.05) is 11.6 Å². The molecule has 1 aliphatic heterocycles. The van der Waals surface area contributed by atoms with Crippen LogP contribution in [-0.2, 0) is 0 Å². The van der Waals surface area contributed by atoms with Gasteiger partial charge < -0.3 is 14.8 Å². The molecule has 1 fully saturated rings. The van der Waals surface area contributed by atoms with Crippen LogP contribution in [0.2, 0.25) is 5.02 Å². The summed E-state index contributed by atoms with van der Waals surface area (Å²) in [7, 11) is 1.62. The summed E-state index contributed by atoms with van der Waals surface area (Å²) in [6.07, 6.45) is 0. The van der Waals surface area contributed by atoms with E-state index >= 15 is 0 Å². The minimum absolute atomic E-state index is 0.592. The second-order valence-electron chi connectivity index (χ2n) is 4.24. The number of ether oxygens (including phenoxy) is 2. The van der Waals surface area contributed by atoms with Gasteiger partial charge in [-0.3, -0.25) is 4.90 Å². The molecule has 1 heterocycles. The van der Waals surface area contributed by atoms with Gasteiger partial charge >= 0.3 is 0 Å². The number of halogens is 1. The smallest absolute Gasteiger partial charge is 0.138 e. The standard InChI is InChI=1S/C13H19ClN2O2/c1-17-11-2-3-13(12(14)10-11)18-9-8-16-6-4-15-5-7-16/h2-3,10,15H,4-9H2,1H3. The molecule has 0 spiro atoms. The molecule has 0 aromatic heterocycles. The third kappa shape index (κ3) is 3.77. The molecule has 0 unspecified atom stereocenters. The maximum absolute atomic E-state index is 6.10. The summed E-state index contributed by atoms with van der Waals surface area (Å²) in [5.41, 5.74) is 0. The summed E-state index contributed by atoms with van der Waals surface area (Å²) in [5.74, 6) is 1.46. The Hall–Kier alpha value is -0.970. The number of benzene rings is 1. The van der Waals surface area contributed by atoms with Crippen molar-refractivity contribution in [2.24, 2.45) is 0 Å². The molecule has 0 saturated carbocycles. The van der Waals surface area contributed by atoms with Crippen molar-refractivity contribution in [3.8, 4) is 11.5 Å². The lowest BCUT2D eigenvalue weighted by atomic mass is 10.3. The Morgan fingerprint density at radius 1 is 1.33 bits per heavy atom.